The first kappa shape index (κ1) is 19.2. The minimum atomic E-state index is -0.0532. The molecule has 0 saturated heterocycles. The Morgan fingerprint density at radius 2 is 2.00 bits per heavy atom. The summed E-state index contributed by atoms with van der Waals surface area (Å²) in [6.07, 6.45) is 0.418. The van der Waals surface area contributed by atoms with E-state index >= 15 is 0 Å². The molecule has 0 fully saturated rings. The number of methoxy groups -OCH3 is 2. The first-order valence-electron chi connectivity index (χ1n) is 6.80. The summed E-state index contributed by atoms with van der Waals surface area (Å²) in [7, 11) is 5.00. The Bertz CT molecular complexity index is 649. The maximum atomic E-state index is 11.7. The third kappa shape index (κ3) is 5.09. The maximum Gasteiger partial charge on any atom is 0.227 e. The number of amides is 1. The van der Waals surface area contributed by atoms with Gasteiger partial charge in [-0.3, -0.25) is 4.79 Å². The van der Waals surface area contributed by atoms with Crippen LogP contribution in [0.3, 0.4) is 0 Å². The van der Waals surface area contributed by atoms with Crippen molar-refractivity contribution < 1.29 is 14.3 Å². The van der Waals surface area contributed by atoms with Crippen molar-refractivity contribution in [3.05, 3.63) is 23.6 Å². The molecule has 23 heavy (non-hydrogen) atoms. The Hall–Kier alpha value is -1.83. The summed E-state index contributed by atoms with van der Waals surface area (Å²) in [4.78, 5) is 16.1. The van der Waals surface area contributed by atoms with Gasteiger partial charge in [-0.25, -0.2) is 4.98 Å². The Labute approximate surface area is 145 Å². The van der Waals surface area contributed by atoms with E-state index in [0.717, 1.165) is 11.3 Å². The molecule has 0 aliphatic heterocycles. The second-order valence-electron chi connectivity index (χ2n) is 4.51. The maximum absolute atomic E-state index is 11.7. The third-order valence-electron chi connectivity index (χ3n) is 3.03. The number of nitrogens with zero attached hydrogens (tertiary/aromatic N) is 1. The van der Waals surface area contributed by atoms with E-state index in [4.69, 9.17) is 9.47 Å². The van der Waals surface area contributed by atoms with Crippen LogP contribution in [0.1, 0.15) is 6.42 Å². The van der Waals surface area contributed by atoms with Gasteiger partial charge in [0.15, 0.2) is 16.6 Å². The van der Waals surface area contributed by atoms with E-state index in [2.05, 4.69) is 15.6 Å². The summed E-state index contributed by atoms with van der Waals surface area (Å²) < 4.78 is 10.5. The summed E-state index contributed by atoms with van der Waals surface area (Å²) in [5.41, 5.74) is 1.69. The van der Waals surface area contributed by atoms with Crippen LogP contribution in [0.2, 0.25) is 0 Å². The minimum Gasteiger partial charge on any atom is -0.493 e. The summed E-state index contributed by atoms with van der Waals surface area (Å²) in [5, 5.41) is 8.21. The zero-order chi connectivity index (χ0) is 15.9. The lowest BCUT2D eigenvalue weighted by Crippen LogP contribution is -2.18. The van der Waals surface area contributed by atoms with Crippen molar-refractivity contribution in [1.29, 1.82) is 0 Å². The zero-order valence-corrected chi connectivity index (χ0v) is 14.8. The molecule has 0 spiro atoms. The van der Waals surface area contributed by atoms with Crippen molar-refractivity contribution in [3.63, 3.8) is 0 Å². The van der Waals surface area contributed by atoms with Crippen molar-refractivity contribution in [2.24, 2.45) is 0 Å². The highest BCUT2D eigenvalue weighted by Crippen LogP contribution is 2.33. The highest BCUT2D eigenvalue weighted by Gasteiger charge is 2.10. The van der Waals surface area contributed by atoms with E-state index in [1.165, 1.54) is 11.3 Å². The van der Waals surface area contributed by atoms with E-state index in [1.54, 1.807) is 14.2 Å². The van der Waals surface area contributed by atoms with Gasteiger partial charge in [-0.2, -0.15) is 0 Å². The zero-order valence-electron chi connectivity index (χ0n) is 13.2. The highest BCUT2D eigenvalue weighted by atomic mass is 35.5. The Morgan fingerprint density at radius 3 is 2.65 bits per heavy atom. The number of anilines is 1. The quantitative estimate of drug-likeness (QED) is 0.797. The van der Waals surface area contributed by atoms with Gasteiger partial charge in [-0.1, -0.05) is 0 Å². The largest absolute Gasteiger partial charge is 0.493 e. The molecule has 6 nitrogen and oxygen atoms in total. The van der Waals surface area contributed by atoms with Crippen molar-refractivity contribution >= 4 is 34.8 Å². The summed E-state index contributed by atoms with van der Waals surface area (Å²) in [6.45, 7) is 0.639. The number of hydrogen-bond acceptors (Lipinski definition) is 6. The van der Waals surface area contributed by atoms with Crippen LogP contribution in [0.4, 0.5) is 5.13 Å². The van der Waals surface area contributed by atoms with Crippen LogP contribution in [0, 0.1) is 0 Å². The number of rotatable bonds is 7. The third-order valence-corrected chi connectivity index (χ3v) is 3.79. The number of aromatic nitrogens is 1. The molecule has 0 aliphatic carbocycles. The number of benzene rings is 1. The first-order valence-corrected chi connectivity index (χ1v) is 7.68. The summed E-state index contributed by atoms with van der Waals surface area (Å²) in [5.74, 6) is 1.26. The average Bonchev–Trinajstić information content (AvgIpc) is 3.00. The van der Waals surface area contributed by atoms with E-state index in [1.807, 2.05) is 30.6 Å². The lowest BCUT2D eigenvalue weighted by atomic mass is 10.1. The molecule has 8 heteroatoms. The molecule has 0 radical (unpaired) electrons. The van der Waals surface area contributed by atoms with Gasteiger partial charge in [0.05, 0.1) is 19.9 Å². The van der Waals surface area contributed by atoms with Crippen LogP contribution >= 0.6 is 23.7 Å². The Balaban J connectivity index is 0.00000264. The molecule has 2 aromatic rings. The molecule has 1 heterocycles. The van der Waals surface area contributed by atoms with Crippen molar-refractivity contribution in [1.82, 2.24) is 10.3 Å². The molecule has 0 saturated carbocycles. The lowest BCUT2D eigenvalue weighted by molar-refractivity contribution is -0.116. The summed E-state index contributed by atoms with van der Waals surface area (Å²) >= 11 is 1.39. The normalized spacial score (nSPS) is 9.87. The molecule has 2 N–H and O–H groups in total. The fraction of sp³-hybridized carbons (Fsp3) is 0.333. The second kappa shape index (κ2) is 9.34. The number of carbonyl (C=O) groups excluding carboxylic acids is 1. The molecule has 126 valence electrons. The van der Waals surface area contributed by atoms with E-state index in [-0.39, 0.29) is 18.3 Å². The van der Waals surface area contributed by atoms with Gasteiger partial charge in [-0.15, -0.1) is 23.7 Å². The predicted octanol–water partition coefficient (Wildman–Crippen LogP) is 2.80. The fourth-order valence-electron chi connectivity index (χ4n) is 1.88. The Morgan fingerprint density at radius 1 is 1.26 bits per heavy atom. The first-order chi connectivity index (χ1) is 10.7. The van der Waals surface area contributed by atoms with E-state index < -0.39 is 0 Å². The lowest BCUT2D eigenvalue weighted by Gasteiger charge is -2.08. The van der Waals surface area contributed by atoms with Crippen LogP contribution in [0.5, 0.6) is 11.5 Å². The average molecular weight is 358 g/mol. The van der Waals surface area contributed by atoms with Gasteiger partial charge < -0.3 is 20.1 Å². The highest BCUT2D eigenvalue weighted by molar-refractivity contribution is 7.14. The van der Waals surface area contributed by atoms with E-state index in [0.29, 0.717) is 29.6 Å². The van der Waals surface area contributed by atoms with Crippen LogP contribution in [0.15, 0.2) is 23.6 Å². The topological polar surface area (TPSA) is 72.5 Å². The van der Waals surface area contributed by atoms with Crippen molar-refractivity contribution in [3.8, 4) is 22.8 Å². The molecule has 0 unspecified atom stereocenters. The standard InChI is InChI=1S/C15H19N3O3S.ClH/c1-16-7-6-14(19)18-15-17-11(9-22-15)10-4-5-12(20-2)13(8-10)21-3;/h4-5,8-9,16H,6-7H2,1-3H3,(H,17,18,19);1H. The van der Waals surface area contributed by atoms with Crippen LogP contribution in [0.25, 0.3) is 11.3 Å². The van der Waals surface area contributed by atoms with Gasteiger partial charge in [0.2, 0.25) is 5.91 Å². The van der Waals surface area contributed by atoms with Gasteiger partial charge in [0.25, 0.3) is 0 Å². The SMILES string of the molecule is CNCCC(=O)Nc1nc(-c2ccc(OC)c(OC)c2)cs1.Cl. The molecule has 1 aromatic heterocycles. The molecule has 0 aliphatic rings. The molecular formula is C15H20ClN3O3S. The molecule has 0 bridgehead atoms. The molecule has 0 atom stereocenters. The smallest absolute Gasteiger partial charge is 0.227 e. The summed E-state index contributed by atoms with van der Waals surface area (Å²) in [6, 6.07) is 5.60. The number of thiazole rings is 1. The van der Waals surface area contributed by atoms with Gasteiger partial charge in [0.1, 0.15) is 0 Å². The predicted molar refractivity (Wildman–Crippen MR) is 95.1 cm³/mol. The fourth-order valence-corrected chi connectivity index (χ4v) is 2.62. The van der Waals surface area contributed by atoms with E-state index in [9.17, 15) is 4.79 Å². The van der Waals surface area contributed by atoms with Crippen molar-refractivity contribution in [2.75, 3.05) is 33.1 Å². The van der Waals surface area contributed by atoms with Gasteiger partial charge in [0, 0.05) is 23.9 Å². The minimum absolute atomic E-state index is 0. The monoisotopic (exact) mass is 357 g/mol. The van der Waals surface area contributed by atoms with Crippen molar-refractivity contribution in [2.45, 2.75) is 6.42 Å². The molecule has 2 rings (SSSR count). The Kier molecular flexibility index (Phi) is 7.80. The number of nitrogens with one attached hydrogen (secondary N) is 2. The molecule has 1 amide bonds. The van der Waals surface area contributed by atoms with Gasteiger partial charge in [-0.05, 0) is 25.2 Å². The second-order valence-corrected chi connectivity index (χ2v) is 5.37. The number of halogens is 1. The number of carbonyl (C=O) groups is 1. The van der Waals surface area contributed by atoms with Crippen LogP contribution in [-0.2, 0) is 4.79 Å². The number of hydrogen-bond donors (Lipinski definition) is 2. The molecule has 1 aromatic carbocycles. The van der Waals surface area contributed by atoms with Crippen LogP contribution < -0.4 is 20.1 Å². The van der Waals surface area contributed by atoms with Gasteiger partial charge >= 0.3 is 0 Å². The van der Waals surface area contributed by atoms with Crippen LogP contribution in [-0.4, -0.2) is 38.7 Å². The number of ether oxygens (including phenoxy) is 2. The molecular weight excluding hydrogens is 338 g/mol.